The molecular formula is C25H28N2O5. The molecule has 0 aliphatic carbocycles. The molecule has 4 fully saturated rings. The van der Waals surface area contributed by atoms with Gasteiger partial charge in [-0.1, -0.05) is 0 Å². The maximum Gasteiger partial charge on any atom is 0.193 e. The molecule has 32 heavy (non-hydrogen) atoms. The van der Waals surface area contributed by atoms with E-state index in [0.29, 0.717) is 35.5 Å². The third kappa shape index (κ3) is 5.13. The largest absolute Gasteiger partial charge is 0.371 e. The zero-order chi connectivity index (χ0) is 21.5. The molecule has 6 rings (SSSR count). The number of ketones is 1. The average Bonchev–Trinajstić information content (AvgIpc) is 3.63. The first-order chi connectivity index (χ1) is 15.7. The number of carbonyl (C=O) groups is 1. The van der Waals surface area contributed by atoms with Crippen molar-refractivity contribution in [2.75, 3.05) is 62.4 Å². The van der Waals surface area contributed by atoms with Crippen LogP contribution in [-0.4, -0.2) is 82.8 Å². The minimum absolute atomic E-state index is 0.0355. The molecule has 0 spiro atoms. The Kier molecular flexibility index (Phi) is 5.35. The molecule has 4 heterocycles. The van der Waals surface area contributed by atoms with Gasteiger partial charge in [-0.15, -0.1) is 0 Å². The summed E-state index contributed by atoms with van der Waals surface area (Å²) in [7, 11) is 0. The Labute approximate surface area is 187 Å². The van der Waals surface area contributed by atoms with E-state index in [-0.39, 0.29) is 5.78 Å². The zero-order valence-corrected chi connectivity index (χ0v) is 18.0. The van der Waals surface area contributed by atoms with E-state index in [9.17, 15) is 4.79 Å². The van der Waals surface area contributed by atoms with Gasteiger partial charge in [-0.05, 0) is 48.5 Å². The van der Waals surface area contributed by atoms with Gasteiger partial charge in [0.25, 0.3) is 0 Å². The fourth-order valence-electron chi connectivity index (χ4n) is 4.06. The van der Waals surface area contributed by atoms with Gasteiger partial charge < -0.3 is 28.7 Å². The molecular weight excluding hydrogens is 408 g/mol. The van der Waals surface area contributed by atoms with Crippen LogP contribution in [0.25, 0.3) is 0 Å². The minimum atomic E-state index is 0.0355. The monoisotopic (exact) mass is 436 g/mol. The first-order valence-electron chi connectivity index (χ1n) is 11.4. The van der Waals surface area contributed by atoms with Crippen LogP contribution >= 0.6 is 0 Å². The summed E-state index contributed by atoms with van der Waals surface area (Å²) in [5, 5.41) is 0. The molecule has 2 aromatic carbocycles. The first-order valence-corrected chi connectivity index (χ1v) is 11.4. The highest BCUT2D eigenvalue weighted by atomic mass is 16.6. The molecule has 168 valence electrons. The molecule has 4 aliphatic rings. The molecule has 0 N–H and O–H groups in total. The van der Waals surface area contributed by atoms with Crippen molar-refractivity contribution in [2.24, 2.45) is 0 Å². The van der Waals surface area contributed by atoms with Crippen LogP contribution in [0, 0.1) is 0 Å². The van der Waals surface area contributed by atoms with Gasteiger partial charge in [-0.3, -0.25) is 4.79 Å². The second kappa shape index (κ2) is 8.48. The van der Waals surface area contributed by atoms with Crippen LogP contribution in [0.4, 0.5) is 11.4 Å². The Hall–Kier alpha value is -2.45. The van der Waals surface area contributed by atoms with Crippen LogP contribution < -0.4 is 9.80 Å². The van der Waals surface area contributed by atoms with Crippen molar-refractivity contribution in [3.8, 4) is 0 Å². The lowest BCUT2D eigenvalue weighted by molar-refractivity contribution is 0.103. The van der Waals surface area contributed by atoms with Crippen molar-refractivity contribution in [1.82, 2.24) is 0 Å². The highest BCUT2D eigenvalue weighted by Crippen LogP contribution is 2.26. The molecule has 2 aromatic rings. The summed E-state index contributed by atoms with van der Waals surface area (Å²) in [5.74, 6) is 0.0355. The van der Waals surface area contributed by atoms with Crippen molar-refractivity contribution in [1.29, 1.82) is 0 Å². The Morgan fingerprint density at radius 2 is 0.875 bits per heavy atom. The van der Waals surface area contributed by atoms with E-state index in [1.54, 1.807) is 0 Å². The van der Waals surface area contributed by atoms with Crippen LogP contribution in [0.5, 0.6) is 0 Å². The van der Waals surface area contributed by atoms with E-state index >= 15 is 0 Å². The van der Waals surface area contributed by atoms with Crippen LogP contribution in [0.15, 0.2) is 48.5 Å². The Morgan fingerprint density at radius 3 is 1.12 bits per heavy atom. The van der Waals surface area contributed by atoms with Gasteiger partial charge in [-0.25, -0.2) is 0 Å². The fraction of sp³-hybridized carbons (Fsp3) is 0.480. The molecule has 0 saturated carbocycles. The van der Waals surface area contributed by atoms with Crippen LogP contribution in [0.2, 0.25) is 0 Å². The summed E-state index contributed by atoms with van der Waals surface area (Å²) in [5.41, 5.74) is 3.59. The lowest BCUT2D eigenvalue weighted by Crippen LogP contribution is -2.31. The quantitative estimate of drug-likeness (QED) is 0.373. The highest BCUT2D eigenvalue weighted by molar-refractivity contribution is 6.09. The van der Waals surface area contributed by atoms with Gasteiger partial charge in [0.1, 0.15) is 0 Å². The van der Waals surface area contributed by atoms with Crippen molar-refractivity contribution >= 4 is 17.2 Å². The fourth-order valence-corrected chi connectivity index (χ4v) is 4.06. The molecule has 0 aromatic heterocycles. The Morgan fingerprint density at radius 1 is 0.594 bits per heavy atom. The van der Waals surface area contributed by atoms with Gasteiger partial charge in [0.05, 0.1) is 50.8 Å². The van der Waals surface area contributed by atoms with Crippen molar-refractivity contribution in [3.05, 3.63) is 59.7 Å². The van der Waals surface area contributed by atoms with Gasteiger partial charge in [0.2, 0.25) is 0 Å². The number of nitrogens with zero attached hydrogens (tertiary/aromatic N) is 2. The third-order valence-corrected chi connectivity index (χ3v) is 6.29. The Balaban J connectivity index is 1.13. The lowest BCUT2D eigenvalue weighted by Gasteiger charge is -2.24. The number of benzene rings is 2. The van der Waals surface area contributed by atoms with Crippen molar-refractivity contribution < 1.29 is 23.7 Å². The molecule has 0 amide bonds. The molecule has 4 aliphatic heterocycles. The second-order valence-electron chi connectivity index (χ2n) is 9.05. The summed E-state index contributed by atoms with van der Waals surface area (Å²) in [6, 6.07) is 15.8. The van der Waals surface area contributed by atoms with E-state index in [2.05, 4.69) is 9.80 Å². The predicted molar refractivity (Wildman–Crippen MR) is 120 cm³/mol. The number of carbonyl (C=O) groups excluding carboxylic acids is 1. The number of epoxide rings is 4. The summed E-state index contributed by atoms with van der Waals surface area (Å²) < 4.78 is 21.6. The van der Waals surface area contributed by atoms with Gasteiger partial charge in [0, 0.05) is 48.7 Å². The van der Waals surface area contributed by atoms with Gasteiger partial charge in [0.15, 0.2) is 5.78 Å². The van der Waals surface area contributed by atoms with E-state index in [0.717, 1.165) is 64.0 Å². The lowest BCUT2D eigenvalue weighted by atomic mass is 10.0. The van der Waals surface area contributed by atoms with E-state index in [4.69, 9.17) is 18.9 Å². The number of ether oxygens (including phenoxy) is 4. The normalized spacial score (nSPS) is 27.0. The minimum Gasteiger partial charge on any atom is -0.371 e. The van der Waals surface area contributed by atoms with Crippen LogP contribution in [0.1, 0.15) is 15.9 Å². The molecule has 7 nitrogen and oxygen atoms in total. The predicted octanol–water partition coefficient (Wildman–Crippen LogP) is 2.13. The topological polar surface area (TPSA) is 73.7 Å². The average molecular weight is 437 g/mol. The van der Waals surface area contributed by atoms with Gasteiger partial charge in [-0.2, -0.15) is 0 Å². The zero-order valence-electron chi connectivity index (χ0n) is 18.0. The maximum absolute atomic E-state index is 13.1. The number of anilines is 2. The molecule has 7 heteroatoms. The smallest absolute Gasteiger partial charge is 0.193 e. The highest BCUT2D eigenvalue weighted by Gasteiger charge is 2.32. The van der Waals surface area contributed by atoms with E-state index in [1.165, 1.54) is 0 Å². The second-order valence-corrected chi connectivity index (χ2v) is 9.05. The summed E-state index contributed by atoms with van der Waals surface area (Å²) in [6.45, 7) is 6.76. The van der Waals surface area contributed by atoms with Gasteiger partial charge >= 0.3 is 0 Å². The third-order valence-electron chi connectivity index (χ3n) is 6.29. The van der Waals surface area contributed by atoms with Crippen molar-refractivity contribution in [2.45, 2.75) is 24.4 Å². The van der Waals surface area contributed by atoms with Crippen LogP contribution in [-0.2, 0) is 18.9 Å². The maximum atomic E-state index is 13.1. The van der Waals surface area contributed by atoms with E-state index < -0.39 is 0 Å². The SMILES string of the molecule is O=C(c1ccc(N(CC2CO2)CC2CO2)cc1)c1ccc(N(CC2CO2)CC2CO2)cc1. The summed E-state index contributed by atoms with van der Waals surface area (Å²) in [4.78, 5) is 17.6. The Bertz CT molecular complexity index is 842. The van der Waals surface area contributed by atoms with Crippen LogP contribution in [0.3, 0.4) is 0 Å². The first kappa shape index (κ1) is 20.2. The molecule has 4 atom stereocenters. The number of hydrogen-bond acceptors (Lipinski definition) is 7. The number of hydrogen-bond donors (Lipinski definition) is 0. The molecule has 4 unspecified atom stereocenters. The molecule has 4 saturated heterocycles. The van der Waals surface area contributed by atoms with Crippen molar-refractivity contribution in [3.63, 3.8) is 0 Å². The summed E-state index contributed by atoms with van der Waals surface area (Å²) in [6.07, 6.45) is 1.24. The number of rotatable bonds is 12. The standard InChI is InChI=1S/C25H28N2O5/c28-25(17-1-5-19(6-2-17)26(9-21-13-29-21)10-22-14-30-22)18-3-7-20(8-4-18)27(11-23-15-31-23)12-24-16-32-24/h1-8,21-24H,9-16H2. The van der Waals surface area contributed by atoms with E-state index in [1.807, 2.05) is 48.5 Å². The molecule has 0 radical (unpaired) electrons. The molecule has 0 bridgehead atoms. The summed E-state index contributed by atoms with van der Waals surface area (Å²) >= 11 is 0.